The Bertz CT molecular complexity index is 1340. The van der Waals surface area contributed by atoms with Crippen LogP contribution in [0.1, 0.15) is 22.8 Å². The SMILES string of the molecule is CCc1ccc2nc(-c3ccc(F)cc3)nc(SCC(=O)Nc3ccc(C(=O)OC)cc3)c2c1. The van der Waals surface area contributed by atoms with E-state index in [-0.39, 0.29) is 17.5 Å². The number of hydrogen-bond acceptors (Lipinski definition) is 6. The molecule has 8 heteroatoms. The number of nitrogens with zero attached hydrogens (tertiary/aromatic N) is 2. The molecule has 4 rings (SSSR count). The monoisotopic (exact) mass is 475 g/mol. The molecule has 0 spiro atoms. The molecule has 0 aliphatic heterocycles. The normalized spacial score (nSPS) is 10.8. The number of benzene rings is 3. The quantitative estimate of drug-likeness (QED) is 0.215. The van der Waals surface area contributed by atoms with Crippen LogP contribution < -0.4 is 5.32 Å². The number of amides is 1. The van der Waals surface area contributed by atoms with E-state index < -0.39 is 5.97 Å². The number of nitrogens with one attached hydrogen (secondary N) is 1. The smallest absolute Gasteiger partial charge is 0.337 e. The number of fused-ring (bicyclic) bond motifs is 1. The lowest BCUT2D eigenvalue weighted by atomic mass is 10.1. The van der Waals surface area contributed by atoms with E-state index in [1.807, 2.05) is 18.2 Å². The van der Waals surface area contributed by atoms with E-state index in [9.17, 15) is 14.0 Å². The molecular weight excluding hydrogens is 453 g/mol. The second-order valence-corrected chi connectivity index (χ2v) is 8.43. The summed E-state index contributed by atoms with van der Waals surface area (Å²) < 4.78 is 18.1. The third-order valence-electron chi connectivity index (χ3n) is 5.17. The van der Waals surface area contributed by atoms with Crippen LogP contribution in [0.4, 0.5) is 10.1 Å². The highest BCUT2D eigenvalue weighted by molar-refractivity contribution is 8.00. The number of hydrogen-bond donors (Lipinski definition) is 1. The van der Waals surface area contributed by atoms with Crippen LogP contribution in [0.15, 0.2) is 71.8 Å². The van der Waals surface area contributed by atoms with Crippen molar-refractivity contribution in [1.29, 1.82) is 0 Å². The standard InChI is InChI=1S/C26H22FN3O3S/c1-3-16-4-13-22-21(14-16)25(30-24(29-22)17-5-9-19(27)10-6-17)34-15-23(31)28-20-11-7-18(8-12-20)26(32)33-2/h4-14H,3,15H2,1-2H3,(H,28,31). The molecule has 172 valence electrons. The van der Waals surface area contributed by atoms with Crippen molar-refractivity contribution < 1.29 is 18.7 Å². The summed E-state index contributed by atoms with van der Waals surface area (Å²) in [6.07, 6.45) is 0.863. The number of aromatic nitrogens is 2. The van der Waals surface area contributed by atoms with Gasteiger partial charge in [-0.1, -0.05) is 24.8 Å². The lowest BCUT2D eigenvalue weighted by Gasteiger charge is -2.10. The second kappa shape index (κ2) is 10.4. The summed E-state index contributed by atoms with van der Waals surface area (Å²) in [6.45, 7) is 2.07. The van der Waals surface area contributed by atoms with Gasteiger partial charge in [-0.05, 0) is 72.6 Å². The minimum Gasteiger partial charge on any atom is -0.465 e. The molecule has 1 aromatic heterocycles. The first-order valence-corrected chi connectivity index (χ1v) is 11.6. The molecule has 0 saturated heterocycles. The highest BCUT2D eigenvalue weighted by atomic mass is 32.2. The van der Waals surface area contributed by atoms with Gasteiger partial charge in [0.1, 0.15) is 10.8 Å². The maximum Gasteiger partial charge on any atom is 0.337 e. The molecule has 1 N–H and O–H groups in total. The summed E-state index contributed by atoms with van der Waals surface area (Å²) in [5, 5.41) is 4.37. The van der Waals surface area contributed by atoms with Gasteiger partial charge in [-0.25, -0.2) is 19.2 Å². The molecule has 1 heterocycles. The van der Waals surface area contributed by atoms with Crippen LogP contribution in [0.5, 0.6) is 0 Å². The Labute approximate surface area is 200 Å². The van der Waals surface area contributed by atoms with Gasteiger partial charge < -0.3 is 10.1 Å². The van der Waals surface area contributed by atoms with Crippen molar-refractivity contribution in [2.45, 2.75) is 18.4 Å². The number of ether oxygens (including phenoxy) is 1. The lowest BCUT2D eigenvalue weighted by Crippen LogP contribution is -2.14. The molecule has 0 saturated carbocycles. The molecule has 0 aliphatic carbocycles. The van der Waals surface area contributed by atoms with Crippen molar-refractivity contribution >= 4 is 40.2 Å². The summed E-state index contributed by atoms with van der Waals surface area (Å²) in [4.78, 5) is 33.5. The van der Waals surface area contributed by atoms with E-state index >= 15 is 0 Å². The summed E-state index contributed by atoms with van der Waals surface area (Å²) in [6, 6.07) is 18.5. The van der Waals surface area contributed by atoms with Gasteiger partial charge in [-0.15, -0.1) is 0 Å². The van der Waals surface area contributed by atoms with E-state index in [2.05, 4.69) is 22.0 Å². The molecule has 0 bridgehead atoms. The van der Waals surface area contributed by atoms with Crippen molar-refractivity contribution in [3.8, 4) is 11.4 Å². The van der Waals surface area contributed by atoms with Crippen LogP contribution in [0.2, 0.25) is 0 Å². The van der Waals surface area contributed by atoms with Crippen molar-refractivity contribution in [3.05, 3.63) is 83.7 Å². The number of methoxy groups -OCH3 is 1. The Morgan fingerprint density at radius 1 is 1.00 bits per heavy atom. The zero-order chi connectivity index (χ0) is 24.1. The van der Waals surface area contributed by atoms with Crippen molar-refractivity contribution in [2.24, 2.45) is 0 Å². The Hall–Kier alpha value is -3.78. The fraction of sp³-hybridized carbons (Fsp3) is 0.154. The van der Waals surface area contributed by atoms with E-state index in [0.29, 0.717) is 27.7 Å². The Morgan fingerprint density at radius 3 is 2.41 bits per heavy atom. The Balaban J connectivity index is 1.56. The zero-order valence-corrected chi connectivity index (χ0v) is 19.5. The Morgan fingerprint density at radius 2 is 1.74 bits per heavy atom. The fourth-order valence-electron chi connectivity index (χ4n) is 3.34. The van der Waals surface area contributed by atoms with E-state index in [4.69, 9.17) is 4.98 Å². The third kappa shape index (κ3) is 5.40. The van der Waals surface area contributed by atoms with Gasteiger partial charge in [0, 0.05) is 16.6 Å². The molecule has 3 aromatic carbocycles. The highest BCUT2D eigenvalue weighted by Gasteiger charge is 2.13. The topological polar surface area (TPSA) is 81.2 Å². The molecule has 1 amide bonds. The fourth-order valence-corrected chi connectivity index (χ4v) is 4.15. The largest absolute Gasteiger partial charge is 0.465 e. The molecule has 0 unspecified atom stereocenters. The van der Waals surface area contributed by atoms with Gasteiger partial charge in [-0.2, -0.15) is 0 Å². The average molecular weight is 476 g/mol. The van der Waals surface area contributed by atoms with Crippen LogP contribution >= 0.6 is 11.8 Å². The van der Waals surface area contributed by atoms with Gasteiger partial charge in [0.25, 0.3) is 0 Å². The average Bonchev–Trinajstić information content (AvgIpc) is 2.87. The minimum atomic E-state index is -0.438. The molecule has 6 nitrogen and oxygen atoms in total. The first-order valence-electron chi connectivity index (χ1n) is 10.6. The number of carbonyl (C=O) groups is 2. The van der Waals surface area contributed by atoms with Crippen molar-refractivity contribution in [2.75, 3.05) is 18.2 Å². The van der Waals surface area contributed by atoms with Gasteiger partial charge in [-0.3, -0.25) is 4.79 Å². The molecule has 0 aliphatic rings. The maximum absolute atomic E-state index is 13.4. The van der Waals surface area contributed by atoms with E-state index in [1.165, 1.54) is 31.0 Å². The lowest BCUT2D eigenvalue weighted by molar-refractivity contribution is -0.113. The molecule has 34 heavy (non-hydrogen) atoms. The number of aryl methyl sites for hydroxylation is 1. The van der Waals surface area contributed by atoms with Crippen LogP contribution in [-0.4, -0.2) is 34.7 Å². The minimum absolute atomic E-state index is 0.129. The summed E-state index contributed by atoms with van der Waals surface area (Å²) in [5.41, 5.74) is 3.57. The number of rotatable bonds is 7. The Kier molecular flexibility index (Phi) is 7.18. The number of esters is 1. The number of halogens is 1. The predicted molar refractivity (Wildman–Crippen MR) is 131 cm³/mol. The van der Waals surface area contributed by atoms with Crippen molar-refractivity contribution in [3.63, 3.8) is 0 Å². The van der Waals surface area contributed by atoms with Gasteiger partial charge in [0.2, 0.25) is 5.91 Å². The van der Waals surface area contributed by atoms with Crippen LogP contribution in [-0.2, 0) is 16.0 Å². The maximum atomic E-state index is 13.4. The van der Waals surface area contributed by atoms with Gasteiger partial charge in [0.05, 0.1) is 23.9 Å². The number of anilines is 1. The predicted octanol–water partition coefficient (Wildman–Crippen LogP) is 5.52. The molecule has 0 atom stereocenters. The summed E-state index contributed by atoms with van der Waals surface area (Å²) in [5.74, 6) is -0.379. The highest BCUT2D eigenvalue weighted by Crippen LogP contribution is 2.29. The summed E-state index contributed by atoms with van der Waals surface area (Å²) in [7, 11) is 1.32. The van der Waals surface area contributed by atoms with Crippen LogP contribution in [0.25, 0.3) is 22.3 Å². The molecule has 4 aromatic rings. The van der Waals surface area contributed by atoms with E-state index in [1.54, 1.807) is 36.4 Å². The first-order chi connectivity index (χ1) is 16.5. The molecule has 0 radical (unpaired) electrons. The van der Waals surface area contributed by atoms with E-state index in [0.717, 1.165) is 22.9 Å². The second-order valence-electron chi connectivity index (χ2n) is 7.47. The van der Waals surface area contributed by atoms with Crippen LogP contribution in [0.3, 0.4) is 0 Å². The van der Waals surface area contributed by atoms with Gasteiger partial charge >= 0.3 is 5.97 Å². The zero-order valence-electron chi connectivity index (χ0n) is 18.7. The van der Waals surface area contributed by atoms with Crippen LogP contribution in [0, 0.1) is 5.82 Å². The number of thioether (sulfide) groups is 1. The molecular formula is C26H22FN3O3S. The number of carbonyl (C=O) groups excluding carboxylic acids is 2. The molecule has 0 fully saturated rings. The van der Waals surface area contributed by atoms with Crippen molar-refractivity contribution in [1.82, 2.24) is 9.97 Å². The first kappa shape index (κ1) is 23.4. The summed E-state index contributed by atoms with van der Waals surface area (Å²) >= 11 is 1.31. The van der Waals surface area contributed by atoms with Gasteiger partial charge in [0.15, 0.2) is 5.82 Å². The third-order valence-corrected chi connectivity index (χ3v) is 6.16.